The zero-order valence-electron chi connectivity index (χ0n) is 10.7. The quantitative estimate of drug-likeness (QED) is 0.931. The molecule has 0 aliphatic rings. The third-order valence-corrected chi connectivity index (χ3v) is 4.29. The Morgan fingerprint density at radius 3 is 2.89 bits per heavy atom. The van der Waals surface area contributed by atoms with Gasteiger partial charge in [-0.05, 0) is 41.4 Å². The summed E-state index contributed by atoms with van der Waals surface area (Å²) in [5.74, 6) is -0.148. The van der Waals surface area contributed by atoms with Gasteiger partial charge < -0.3 is 5.32 Å². The van der Waals surface area contributed by atoms with E-state index >= 15 is 0 Å². The third-order valence-electron chi connectivity index (χ3n) is 2.67. The standard InChI is InChI=1S/C13H14BrN3OS/c1-8-4-3-6-15-10(8)5-7-16-13(18)11-12(14)19-9(2)17-11/h3-4,6H,5,7H2,1-2H3,(H,16,18). The first kappa shape index (κ1) is 14.1. The predicted molar refractivity (Wildman–Crippen MR) is 79.6 cm³/mol. The Morgan fingerprint density at radius 1 is 1.47 bits per heavy atom. The molecule has 0 aliphatic carbocycles. The van der Waals surface area contributed by atoms with E-state index in [-0.39, 0.29) is 5.91 Å². The molecule has 0 aliphatic heterocycles. The van der Waals surface area contributed by atoms with Crippen LogP contribution >= 0.6 is 27.3 Å². The van der Waals surface area contributed by atoms with Gasteiger partial charge in [-0.1, -0.05) is 6.07 Å². The second-order valence-corrected chi connectivity index (χ2v) is 6.65. The van der Waals surface area contributed by atoms with Crippen LogP contribution in [0.2, 0.25) is 0 Å². The first-order valence-corrected chi connectivity index (χ1v) is 7.50. The number of aryl methyl sites for hydroxylation is 2. The number of nitrogens with zero attached hydrogens (tertiary/aromatic N) is 2. The van der Waals surface area contributed by atoms with Gasteiger partial charge in [-0.3, -0.25) is 9.78 Å². The average molecular weight is 340 g/mol. The summed E-state index contributed by atoms with van der Waals surface area (Å²) in [6.07, 6.45) is 2.49. The van der Waals surface area contributed by atoms with Crippen LogP contribution in [0.25, 0.3) is 0 Å². The molecule has 0 radical (unpaired) electrons. The number of thiazole rings is 1. The van der Waals surface area contributed by atoms with Gasteiger partial charge in [-0.2, -0.15) is 0 Å². The normalized spacial score (nSPS) is 10.5. The summed E-state index contributed by atoms with van der Waals surface area (Å²) in [4.78, 5) is 20.4. The molecule has 1 amide bonds. The fourth-order valence-electron chi connectivity index (χ4n) is 1.70. The van der Waals surface area contributed by atoms with Gasteiger partial charge >= 0.3 is 0 Å². The minimum absolute atomic E-state index is 0.148. The summed E-state index contributed by atoms with van der Waals surface area (Å²) in [5, 5.41) is 3.74. The number of rotatable bonds is 4. The van der Waals surface area contributed by atoms with Crippen LogP contribution in [0.5, 0.6) is 0 Å². The molecule has 0 unspecified atom stereocenters. The van der Waals surface area contributed by atoms with Crippen molar-refractivity contribution in [2.45, 2.75) is 20.3 Å². The summed E-state index contributed by atoms with van der Waals surface area (Å²) in [6.45, 7) is 4.45. The predicted octanol–water partition coefficient (Wildman–Crippen LogP) is 2.89. The van der Waals surface area contributed by atoms with E-state index < -0.39 is 0 Å². The van der Waals surface area contributed by atoms with Crippen LogP contribution in [0.3, 0.4) is 0 Å². The van der Waals surface area contributed by atoms with Gasteiger partial charge in [-0.15, -0.1) is 11.3 Å². The second kappa shape index (κ2) is 6.25. The van der Waals surface area contributed by atoms with Gasteiger partial charge in [0, 0.05) is 24.9 Å². The summed E-state index contributed by atoms with van der Waals surface area (Å²) in [7, 11) is 0. The Bertz CT molecular complexity index is 597. The first-order valence-electron chi connectivity index (χ1n) is 5.89. The Morgan fingerprint density at radius 2 is 2.26 bits per heavy atom. The summed E-state index contributed by atoms with van der Waals surface area (Å²) >= 11 is 4.81. The Labute approximate surface area is 124 Å². The molecular weight excluding hydrogens is 326 g/mol. The molecule has 0 aromatic carbocycles. The lowest BCUT2D eigenvalue weighted by atomic mass is 10.1. The molecule has 19 heavy (non-hydrogen) atoms. The van der Waals surface area contributed by atoms with E-state index in [4.69, 9.17) is 0 Å². The van der Waals surface area contributed by atoms with Crippen LogP contribution in [0.4, 0.5) is 0 Å². The van der Waals surface area contributed by atoms with Crippen LogP contribution in [0.1, 0.15) is 26.8 Å². The lowest BCUT2D eigenvalue weighted by molar-refractivity contribution is 0.0949. The van der Waals surface area contributed by atoms with Gasteiger partial charge in [0.25, 0.3) is 5.91 Å². The van der Waals surface area contributed by atoms with E-state index in [0.29, 0.717) is 12.2 Å². The van der Waals surface area contributed by atoms with Crippen molar-refractivity contribution < 1.29 is 4.79 Å². The number of hydrogen-bond acceptors (Lipinski definition) is 4. The van der Waals surface area contributed by atoms with Crippen molar-refractivity contribution in [2.75, 3.05) is 6.54 Å². The molecule has 0 saturated carbocycles. The van der Waals surface area contributed by atoms with Gasteiger partial charge in [-0.25, -0.2) is 4.98 Å². The molecule has 4 nitrogen and oxygen atoms in total. The maximum atomic E-state index is 11.9. The number of carbonyl (C=O) groups excluding carboxylic acids is 1. The molecule has 0 spiro atoms. The molecule has 0 bridgehead atoms. The van der Waals surface area contributed by atoms with Gasteiger partial charge in [0.15, 0.2) is 5.69 Å². The second-order valence-electron chi connectivity index (χ2n) is 4.13. The van der Waals surface area contributed by atoms with Crippen LogP contribution in [0, 0.1) is 13.8 Å². The molecule has 2 aromatic rings. The highest BCUT2D eigenvalue weighted by Crippen LogP contribution is 2.23. The van der Waals surface area contributed by atoms with Gasteiger partial charge in [0.05, 0.1) is 5.01 Å². The zero-order chi connectivity index (χ0) is 13.8. The fraction of sp³-hybridized carbons (Fsp3) is 0.308. The van der Waals surface area contributed by atoms with Gasteiger partial charge in [0.2, 0.25) is 0 Å². The molecule has 0 atom stereocenters. The van der Waals surface area contributed by atoms with Crippen LogP contribution in [-0.4, -0.2) is 22.4 Å². The van der Waals surface area contributed by atoms with E-state index in [2.05, 4.69) is 31.2 Å². The van der Waals surface area contributed by atoms with E-state index in [1.54, 1.807) is 6.20 Å². The summed E-state index contributed by atoms with van der Waals surface area (Å²) < 4.78 is 0.775. The molecule has 6 heteroatoms. The average Bonchev–Trinajstić information content (AvgIpc) is 2.71. The molecular formula is C13H14BrN3OS. The molecule has 2 aromatic heterocycles. The molecule has 2 heterocycles. The van der Waals surface area contributed by atoms with E-state index in [0.717, 1.165) is 26.5 Å². The largest absolute Gasteiger partial charge is 0.350 e. The Hall–Kier alpha value is -1.27. The van der Waals surface area contributed by atoms with Crippen molar-refractivity contribution in [3.63, 3.8) is 0 Å². The molecule has 100 valence electrons. The number of hydrogen-bond donors (Lipinski definition) is 1. The van der Waals surface area contributed by atoms with E-state index in [1.807, 2.05) is 26.0 Å². The zero-order valence-corrected chi connectivity index (χ0v) is 13.1. The topological polar surface area (TPSA) is 54.9 Å². The maximum absolute atomic E-state index is 11.9. The van der Waals surface area contributed by atoms with Crippen molar-refractivity contribution in [2.24, 2.45) is 0 Å². The third kappa shape index (κ3) is 3.61. The van der Waals surface area contributed by atoms with Crippen LogP contribution in [0.15, 0.2) is 22.1 Å². The number of carbonyl (C=O) groups is 1. The number of aromatic nitrogens is 2. The number of halogens is 1. The van der Waals surface area contributed by atoms with Gasteiger partial charge in [0.1, 0.15) is 3.79 Å². The Balaban J connectivity index is 1.91. The van der Waals surface area contributed by atoms with E-state index in [1.165, 1.54) is 11.3 Å². The molecule has 1 N–H and O–H groups in total. The highest BCUT2D eigenvalue weighted by Gasteiger charge is 2.14. The molecule has 0 fully saturated rings. The van der Waals surface area contributed by atoms with Crippen molar-refractivity contribution in [3.8, 4) is 0 Å². The summed E-state index contributed by atoms with van der Waals surface area (Å²) in [5.41, 5.74) is 2.61. The lowest BCUT2D eigenvalue weighted by Gasteiger charge is -2.05. The van der Waals surface area contributed by atoms with E-state index in [9.17, 15) is 4.79 Å². The van der Waals surface area contributed by atoms with Crippen LogP contribution in [-0.2, 0) is 6.42 Å². The monoisotopic (exact) mass is 339 g/mol. The van der Waals surface area contributed by atoms with Crippen LogP contribution < -0.4 is 5.32 Å². The van der Waals surface area contributed by atoms with Crippen molar-refractivity contribution in [1.29, 1.82) is 0 Å². The Kier molecular flexibility index (Phi) is 4.66. The molecule has 2 rings (SSSR count). The van der Waals surface area contributed by atoms with Crippen molar-refractivity contribution in [1.82, 2.24) is 15.3 Å². The fourth-order valence-corrected chi connectivity index (χ4v) is 3.30. The first-order chi connectivity index (χ1) is 9.08. The molecule has 0 saturated heterocycles. The highest BCUT2D eigenvalue weighted by atomic mass is 79.9. The smallest absolute Gasteiger partial charge is 0.271 e. The minimum atomic E-state index is -0.148. The van der Waals surface area contributed by atoms with Crippen molar-refractivity contribution >= 4 is 33.2 Å². The number of amides is 1. The minimum Gasteiger partial charge on any atom is -0.350 e. The lowest BCUT2D eigenvalue weighted by Crippen LogP contribution is -2.26. The number of nitrogens with one attached hydrogen (secondary N) is 1. The van der Waals surface area contributed by atoms with Crippen molar-refractivity contribution in [3.05, 3.63) is 44.1 Å². The SMILES string of the molecule is Cc1nc(C(=O)NCCc2ncccc2C)c(Br)s1. The maximum Gasteiger partial charge on any atom is 0.271 e. The summed E-state index contributed by atoms with van der Waals surface area (Å²) in [6, 6.07) is 3.93. The number of pyridine rings is 1. The highest BCUT2D eigenvalue weighted by molar-refractivity contribution is 9.11.